The fraction of sp³-hybridized carbons (Fsp3) is 0.429. The summed E-state index contributed by atoms with van der Waals surface area (Å²) in [6, 6.07) is 16.2. The third-order valence-electron chi connectivity index (χ3n) is 5.51. The first-order valence-electron chi connectivity index (χ1n) is 9.30. The molecule has 4 nitrogen and oxygen atoms in total. The van der Waals surface area contributed by atoms with Crippen LogP contribution >= 0.6 is 0 Å². The van der Waals surface area contributed by atoms with Crippen LogP contribution in [0, 0.1) is 0 Å². The number of fused-ring (bicyclic) bond motifs is 1. The van der Waals surface area contributed by atoms with Crippen molar-refractivity contribution in [2.75, 3.05) is 5.75 Å². The van der Waals surface area contributed by atoms with Gasteiger partial charge in [-0.25, -0.2) is 8.42 Å². The maximum atomic E-state index is 13.2. The van der Waals surface area contributed by atoms with Crippen molar-refractivity contribution in [1.29, 1.82) is 0 Å². The Labute approximate surface area is 156 Å². The van der Waals surface area contributed by atoms with E-state index in [4.69, 9.17) is 0 Å². The number of hydrogen-bond donors (Lipinski definition) is 1. The summed E-state index contributed by atoms with van der Waals surface area (Å²) >= 11 is 0. The number of nitrogens with zero attached hydrogens (tertiary/aromatic N) is 1. The molecular weight excluding hydrogens is 346 g/mol. The van der Waals surface area contributed by atoms with E-state index in [0.717, 1.165) is 18.4 Å². The lowest BCUT2D eigenvalue weighted by Gasteiger charge is -2.42. The highest BCUT2D eigenvalue weighted by molar-refractivity contribution is 7.91. The quantitative estimate of drug-likeness (QED) is 0.832. The molecule has 0 unspecified atom stereocenters. The Kier molecular flexibility index (Phi) is 5.51. The number of unbranched alkanes of at least 4 members (excludes halogenated alkanes) is 1. The highest BCUT2D eigenvalue weighted by atomic mass is 32.2. The van der Waals surface area contributed by atoms with E-state index in [1.807, 2.05) is 49.4 Å². The second kappa shape index (κ2) is 7.51. The first-order valence-corrected chi connectivity index (χ1v) is 11.0. The van der Waals surface area contributed by atoms with Gasteiger partial charge in [-0.05, 0) is 30.0 Å². The normalized spacial score (nSPS) is 25.4. The molecule has 0 saturated carbocycles. The monoisotopic (exact) mass is 373 g/mol. The van der Waals surface area contributed by atoms with Crippen LogP contribution in [-0.4, -0.2) is 30.0 Å². The molecule has 0 amide bonds. The van der Waals surface area contributed by atoms with Gasteiger partial charge in [0.2, 0.25) is 0 Å². The predicted octanol–water partition coefficient (Wildman–Crippen LogP) is 4.59. The summed E-state index contributed by atoms with van der Waals surface area (Å²) in [5.41, 5.74) is 0.746. The Morgan fingerprint density at radius 2 is 1.73 bits per heavy atom. The van der Waals surface area contributed by atoms with Gasteiger partial charge in [0.15, 0.2) is 9.84 Å². The molecule has 0 fully saturated rings. The molecule has 1 aliphatic heterocycles. The van der Waals surface area contributed by atoms with Gasteiger partial charge in [0, 0.05) is 0 Å². The highest BCUT2D eigenvalue weighted by Gasteiger charge is 2.47. The van der Waals surface area contributed by atoms with Gasteiger partial charge in [0.1, 0.15) is 0 Å². The summed E-state index contributed by atoms with van der Waals surface area (Å²) in [6.45, 7) is 4.05. The standard InChI is InChI=1S/C21H27NO3S/c1-3-5-15-21(4-2)16-26(24,25)19-14-10-9-13-18(19)20(22(21)23)17-11-7-6-8-12-17/h6-14,20,23H,3-5,15-16H2,1-2H3/t20-,21-/m1/s1. The zero-order valence-corrected chi connectivity index (χ0v) is 16.2. The predicted molar refractivity (Wildman–Crippen MR) is 103 cm³/mol. The molecule has 0 saturated heterocycles. The topological polar surface area (TPSA) is 57.6 Å². The van der Waals surface area contributed by atoms with Crippen molar-refractivity contribution < 1.29 is 13.6 Å². The van der Waals surface area contributed by atoms with Gasteiger partial charge in [0.05, 0.1) is 22.2 Å². The van der Waals surface area contributed by atoms with Gasteiger partial charge in [-0.1, -0.05) is 75.2 Å². The van der Waals surface area contributed by atoms with E-state index in [1.54, 1.807) is 12.1 Å². The molecule has 0 bridgehead atoms. The van der Waals surface area contributed by atoms with Gasteiger partial charge in [-0.15, -0.1) is 0 Å². The average Bonchev–Trinajstić information content (AvgIpc) is 2.73. The molecule has 1 N–H and O–H groups in total. The fourth-order valence-corrected chi connectivity index (χ4v) is 6.15. The first kappa shape index (κ1) is 19.1. The van der Waals surface area contributed by atoms with E-state index in [2.05, 4.69) is 6.92 Å². The van der Waals surface area contributed by atoms with Crippen molar-refractivity contribution in [3.8, 4) is 0 Å². The summed E-state index contributed by atoms with van der Waals surface area (Å²) in [6.07, 6.45) is 3.05. The molecule has 0 aromatic heterocycles. The Morgan fingerprint density at radius 1 is 1.08 bits per heavy atom. The van der Waals surface area contributed by atoms with E-state index in [-0.39, 0.29) is 5.75 Å². The molecule has 0 aliphatic carbocycles. The molecule has 5 heteroatoms. The molecule has 140 valence electrons. The minimum atomic E-state index is -3.50. The number of hydrogen-bond acceptors (Lipinski definition) is 4. The Morgan fingerprint density at radius 3 is 2.38 bits per heavy atom. The highest BCUT2D eigenvalue weighted by Crippen LogP contribution is 2.43. The zero-order valence-electron chi connectivity index (χ0n) is 15.4. The summed E-state index contributed by atoms with van der Waals surface area (Å²) < 4.78 is 26.4. The summed E-state index contributed by atoms with van der Waals surface area (Å²) in [5.74, 6) is -0.0622. The number of benzene rings is 2. The second-order valence-corrected chi connectivity index (χ2v) is 9.09. The van der Waals surface area contributed by atoms with Crippen LogP contribution in [0.5, 0.6) is 0 Å². The van der Waals surface area contributed by atoms with Crippen LogP contribution in [0.3, 0.4) is 0 Å². The molecule has 2 aromatic rings. The van der Waals surface area contributed by atoms with E-state index in [0.29, 0.717) is 23.3 Å². The Bertz CT molecular complexity index is 851. The lowest BCUT2D eigenvalue weighted by atomic mass is 9.87. The van der Waals surface area contributed by atoms with Crippen LogP contribution in [0.2, 0.25) is 0 Å². The third-order valence-corrected chi connectivity index (χ3v) is 7.47. The van der Waals surface area contributed by atoms with Crippen LogP contribution in [0.1, 0.15) is 56.7 Å². The van der Waals surface area contributed by atoms with E-state index in [9.17, 15) is 13.6 Å². The summed E-state index contributed by atoms with van der Waals surface area (Å²) in [5, 5.41) is 12.7. The zero-order chi connectivity index (χ0) is 18.8. The van der Waals surface area contributed by atoms with Crippen LogP contribution in [0.4, 0.5) is 0 Å². The molecule has 2 atom stereocenters. The van der Waals surface area contributed by atoms with Crippen LogP contribution in [0.25, 0.3) is 0 Å². The van der Waals surface area contributed by atoms with Crippen LogP contribution < -0.4 is 0 Å². The smallest absolute Gasteiger partial charge is 0.180 e. The van der Waals surface area contributed by atoms with Gasteiger partial charge < -0.3 is 5.21 Å². The van der Waals surface area contributed by atoms with Crippen LogP contribution in [-0.2, 0) is 9.84 Å². The maximum absolute atomic E-state index is 13.2. The van der Waals surface area contributed by atoms with Gasteiger partial charge in [-0.3, -0.25) is 0 Å². The molecule has 2 aromatic carbocycles. The molecular formula is C21H27NO3S. The molecule has 0 spiro atoms. The second-order valence-electron chi connectivity index (χ2n) is 7.14. The van der Waals surface area contributed by atoms with Crippen molar-refractivity contribution in [3.05, 3.63) is 65.7 Å². The molecule has 0 radical (unpaired) electrons. The maximum Gasteiger partial charge on any atom is 0.180 e. The van der Waals surface area contributed by atoms with E-state index < -0.39 is 21.4 Å². The average molecular weight is 374 g/mol. The van der Waals surface area contributed by atoms with Crippen LogP contribution in [0.15, 0.2) is 59.5 Å². The van der Waals surface area contributed by atoms with Gasteiger partial charge >= 0.3 is 0 Å². The first-order chi connectivity index (χ1) is 12.4. The summed E-state index contributed by atoms with van der Waals surface area (Å²) in [7, 11) is -3.50. The van der Waals surface area contributed by atoms with E-state index in [1.165, 1.54) is 5.06 Å². The van der Waals surface area contributed by atoms with Crippen molar-refractivity contribution in [2.24, 2.45) is 0 Å². The van der Waals surface area contributed by atoms with Crippen molar-refractivity contribution in [3.63, 3.8) is 0 Å². The van der Waals surface area contributed by atoms with E-state index >= 15 is 0 Å². The lowest BCUT2D eigenvalue weighted by Crippen LogP contribution is -2.51. The van der Waals surface area contributed by atoms with Crippen molar-refractivity contribution in [1.82, 2.24) is 5.06 Å². The van der Waals surface area contributed by atoms with Crippen molar-refractivity contribution >= 4 is 9.84 Å². The Balaban J connectivity index is 2.25. The van der Waals surface area contributed by atoms with Gasteiger partial charge in [0.25, 0.3) is 0 Å². The van der Waals surface area contributed by atoms with Gasteiger partial charge in [-0.2, -0.15) is 5.06 Å². The lowest BCUT2D eigenvalue weighted by molar-refractivity contribution is -0.193. The minimum Gasteiger partial charge on any atom is -0.312 e. The molecule has 1 heterocycles. The SMILES string of the molecule is CCCC[C@]1(CC)CS(=O)(=O)c2ccccc2[C@@H](c2ccccc2)N1O. The largest absolute Gasteiger partial charge is 0.312 e. The summed E-state index contributed by atoms with van der Waals surface area (Å²) in [4.78, 5) is 0.333. The Hall–Kier alpha value is -1.69. The molecule has 3 rings (SSSR count). The minimum absolute atomic E-state index is 0.0622. The third kappa shape index (κ3) is 3.31. The number of hydroxylamine groups is 2. The van der Waals surface area contributed by atoms with Crippen molar-refractivity contribution in [2.45, 2.75) is 56.0 Å². The number of rotatable bonds is 5. The fourth-order valence-electron chi connectivity index (χ4n) is 3.98. The molecule has 1 aliphatic rings. The number of sulfone groups is 1. The molecule has 26 heavy (non-hydrogen) atoms.